The molecule has 3 N–H and O–H groups in total. The molecule has 1 aromatic carbocycles. The van der Waals surface area contributed by atoms with Gasteiger partial charge in [0.05, 0.1) is 5.52 Å². The highest BCUT2D eigenvalue weighted by atomic mass is 16.3. The number of amides is 2. The summed E-state index contributed by atoms with van der Waals surface area (Å²) >= 11 is 0. The van der Waals surface area contributed by atoms with E-state index in [4.69, 9.17) is 5.73 Å². The molecule has 2 rings (SSSR count). The summed E-state index contributed by atoms with van der Waals surface area (Å²) in [5, 5.41) is 17.6. The number of aromatic nitrogens is 1. The maximum atomic E-state index is 10.6. The zero-order valence-electron chi connectivity index (χ0n) is 9.51. The van der Waals surface area contributed by atoms with Crippen molar-refractivity contribution in [3.05, 3.63) is 23.8 Å². The summed E-state index contributed by atoms with van der Waals surface area (Å²) in [7, 11) is 1.72. The number of carbonyl (C=O) groups excluding carboxylic acids is 1. The molecule has 0 saturated carbocycles. The van der Waals surface area contributed by atoms with Crippen molar-refractivity contribution in [2.45, 2.75) is 6.92 Å². The van der Waals surface area contributed by atoms with Crippen molar-refractivity contribution in [2.75, 3.05) is 0 Å². The first kappa shape index (κ1) is 11.1. The molecule has 2 amide bonds. The molecule has 6 heteroatoms. The van der Waals surface area contributed by atoms with Crippen molar-refractivity contribution in [3.8, 4) is 5.88 Å². The van der Waals surface area contributed by atoms with Crippen molar-refractivity contribution < 1.29 is 9.90 Å². The Morgan fingerprint density at radius 3 is 2.82 bits per heavy atom. The number of nitrogens with two attached hydrogens (primary N) is 1. The fourth-order valence-corrected chi connectivity index (χ4v) is 1.88. The normalized spacial score (nSPS) is 11.4. The van der Waals surface area contributed by atoms with Crippen LogP contribution in [0.15, 0.2) is 28.4 Å². The van der Waals surface area contributed by atoms with E-state index in [0.29, 0.717) is 0 Å². The molecule has 0 spiro atoms. The molecule has 0 aliphatic carbocycles. The second-order valence-corrected chi connectivity index (χ2v) is 3.74. The largest absolute Gasteiger partial charge is 0.493 e. The van der Waals surface area contributed by atoms with Crippen molar-refractivity contribution in [3.63, 3.8) is 0 Å². The molecular weight excluding hydrogens is 220 g/mol. The number of azo groups is 1. The smallest absolute Gasteiger partial charge is 0.356 e. The zero-order chi connectivity index (χ0) is 12.6. The summed E-state index contributed by atoms with van der Waals surface area (Å²) < 4.78 is 1.60. The fourth-order valence-electron chi connectivity index (χ4n) is 1.88. The van der Waals surface area contributed by atoms with Crippen LogP contribution in [0.5, 0.6) is 5.88 Å². The minimum absolute atomic E-state index is 0.0423. The number of aryl methyl sites for hydroxylation is 2. The lowest BCUT2D eigenvalue weighted by atomic mass is 10.1. The Balaban J connectivity index is 2.76. The van der Waals surface area contributed by atoms with Crippen LogP contribution in [0.2, 0.25) is 0 Å². The number of rotatable bonds is 1. The number of carbonyl (C=O) groups is 1. The highest BCUT2D eigenvalue weighted by Gasteiger charge is 2.15. The Bertz CT molecular complexity index is 628. The van der Waals surface area contributed by atoms with Gasteiger partial charge in [-0.15, -0.1) is 5.11 Å². The van der Waals surface area contributed by atoms with Gasteiger partial charge in [-0.05, 0) is 12.5 Å². The molecule has 2 aromatic rings. The minimum atomic E-state index is -0.894. The van der Waals surface area contributed by atoms with Crippen molar-refractivity contribution >= 4 is 22.6 Å². The van der Waals surface area contributed by atoms with Gasteiger partial charge in [0.25, 0.3) is 0 Å². The lowest BCUT2D eigenvalue weighted by Gasteiger charge is -1.99. The Labute approximate surface area is 97.4 Å². The molecule has 0 aliphatic rings. The lowest BCUT2D eigenvalue weighted by molar-refractivity contribution is 0.255. The van der Waals surface area contributed by atoms with Gasteiger partial charge in [0.1, 0.15) is 0 Å². The number of urea groups is 1. The standard InChI is InChI=1S/C11H12N4O2/c1-6-4-3-5-7-8(13-14-11(12)17)10(16)15(2)9(6)7/h3-5,16H,1-2H3,(H2,12,17). The summed E-state index contributed by atoms with van der Waals surface area (Å²) in [4.78, 5) is 10.6. The third-order valence-electron chi connectivity index (χ3n) is 2.61. The van der Waals surface area contributed by atoms with Gasteiger partial charge in [0.15, 0.2) is 5.69 Å². The molecule has 1 aromatic heterocycles. The van der Waals surface area contributed by atoms with E-state index in [9.17, 15) is 9.90 Å². The van der Waals surface area contributed by atoms with E-state index in [0.717, 1.165) is 16.5 Å². The number of benzene rings is 1. The number of hydrogen-bond acceptors (Lipinski definition) is 3. The van der Waals surface area contributed by atoms with Gasteiger partial charge in [-0.2, -0.15) is 0 Å². The summed E-state index contributed by atoms with van der Waals surface area (Å²) in [6.45, 7) is 1.93. The predicted octanol–water partition coefficient (Wildman–Crippen LogP) is 2.35. The Hall–Kier alpha value is -2.37. The van der Waals surface area contributed by atoms with Crippen LogP contribution in [0, 0.1) is 6.92 Å². The molecular formula is C11H12N4O2. The molecule has 0 atom stereocenters. The maximum Gasteiger partial charge on any atom is 0.356 e. The van der Waals surface area contributed by atoms with Gasteiger partial charge in [-0.3, -0.25) is 0 Å². The van der Waals surface area contributed by atoms with Crippen molar-refractivity contribution in [1.29, 1.82) is 0 Å². The molecule has 6 nitrogen and oxygen atoms in total. The van der Waals surface area contributed by atoms with E-state index in [1.54, 1.807) is 17.7 Å². The van der Waals surface area contributed by atoms with Crippen LogP contribution in [0.25, 0.3) is 10.9 Å². The molecule has 0 aliphatic heterocycles. The molecule has 0 fully saturated rings. The van der Waals surface area contributed by atoms with Gasteiger partial charge in [0.2, 0.25) is 5.88 Å². The summed E-state index contributed by atoms with van der Waals surface area (Å²) in [5.41, 5.74) is 6.99. The number of nitrogens with zero attached hydrogens (tertiary/aromatic N) is 3. The average Bonchev–Trinajstić information content (AvgIpc) is 2.51. The second-order valence-electron chi connectivity index (χ2n) is 3.74. The van der Waals surface area contributed by atoms with Crippen LogP contribution >= 0.6 is 0 Å². The van der Waals surface area contributed by atoms with Gasteiger partial charge in [-0.1, -0.05) is 23.3 Å². The first-order valence-electron chi connectivity index (χ1n) is 5.00. The predicted molar refractivity (Wildman–Crippen MR) is 63.4 cm³/mol. The second kappa shape index (κ2) is 3.89. The van der Waals surface area contributed by atoms with E-state index >= 15 is 0 Å². The van der Waals surface area contributed by atoms with Gasteiger partial charge < -0.3 is 15.4 Å². The van der Waals surface area contributed by atoms with E-state index < -0.39 is 6.03 Å². The quantitative estimate of drug-likeness (QED) is 0.738. The average molecular weight is 232 g/mol. The molecule has 0 bridgehead atoms. The van der Waals surface area contributed by atoms with Crippen LogP contribution < -0.4 is 5.73 Å². The number of hydrogen-bond donors (Lipinski definition) is 2. The Kier molecular flexibility index (Phi) is 2.55. The number of fused-ring (bicyclic) bond motifs is 1. The first-order valence-corrected chi connectivity index (χ1v) is 5.00. The summed E-state index contributed by atoms with van der Waals surface area (Å²) in [6, 6.07) is 4.68. The Morgan fingerprint density at radius 2 is 2.18 bits per heavy atom. The van der Waals surface area contributed by atoms with E-state index in [1.807, 2.05) is 19.1 Å². The van der Waals surface area contributed by atoms with Crippen LogP contribution in [0.3, 0.4) is 0 Å². The minimum Gasteiger partial charge on any atom is -0.493 e. The molecule has 0 radical (unpaired) electrons. The highest BCUT2D eigenvalue weighted by molar-refractivity contribution is 5.96. The molecule has 0 saturated heterocycles. The molecule has 0 unspecified atom stereocenters. The third kappa shape index (κ3) is 1.73. The SMILES string of the molecule is Cc1cccc2c(N=NC(N)=O)c(O)n(C)c12. The highest BCUT2D eigenvalue weighted by Crippen LogP contribution is 2.38. The number of primary amides is 1. The van der Waals surface area contributed by atoms with Crippen molar-refractivity contribution in [1.82, 2.24) is 4.57 Å². The molecule has 88 valence electrons. The van der Waals surface area contributed by atoms with Crippen LogP contribution in [0.4, 0.5) is 10.5 Å². The topological polar surface area (TPSA) is 93.0 Å². The first-order chi connectivity index (χ1) is 8.02. The monoisotopic (exact) mass is 232 g/mol. The van der Waals surface area contributed by atoms with Crippen molar-refractivity contribution in [2.24, 2.45) is 23.0 Å². The van der Waals surface area contributed by atoms with Gasteiger partial charge in [-0.25, -0.2) is 4.79 Å². The maximum absolute atomic E-state index is 10.6. The molecule has 1 heterocycles. The van der Waals surface area contributed by atoms with Crippen LogP contribution in [-0.4, -0.2) is 15.7 Å². The lowest BCUT2D eigenvalue weighted by Crippen LogP contribution is -2.01. The van der Waals surface area contributed by atoms with Gasteiger partial charge in [0, 0.05) is 12.4 Å². The van der Waals surface area contributed by atoms with E-state index in [1.165, 1.54) is 0 Å². The summed E-state index contributed by atoms with van der Waals surface area (Å²) in [6.07, 6.45) is 0. The van der Waals surface area contributed by atoms with E-state index in [-0.39, 0.29) is 11.6 Å². The van der Waals surface area contributed by atoms with E-state index in [2.05, 4.69) is 10.2 Å². The van der Waals surface area contributed by atoms with Gasteiger partial charge >= 0.3 is 6.03 Å². The number of aromatic hydroxyl groups is 1. The third-order valence-corrected chi connectivity index (χ3v) is 2.61. The molecule has 17 heavy (non-hydrogen) atoms. The Morgan fingerprint density at radius 1 is 1.47 bits per heavy atom. The number of para-hydroxylation sites is 1. The summed E-state index contributed by atoms with van der Waals surface area (Å²) in [5.74, 6) is -0.0423. The fraction of sp³-hybridized carbons (Fsp3) is 0.182. The van der Waals surface area contributed by atoms with Crippen LogP contribution in [-0.2, 0) is 7.05 Å². The van der Waals surface area contributed by atoms with Crippen LogP contribution in [0.1, 0.15) is 5.56 Å². The zero-order valence-corrected chi connectivity index (χ0v) is 9.51.